The Morgan fingerprint density at radius 1 is 1.45 bits per heavy atom. The molecule has 0 atom stereocenters. The van der Waals surface area contributed by atoms with Gasteiger partial charge in [0.05, 0.1) is 12.1 Å². The third kappa shape index (κ3) is 3.12. The second kappa shape index (κ2) is 5.83. The molecule has 1 saturated carbocycles. The average Bonchev–Trinajstić information content (AvgIpc) is 2.44. The van der Waals surface area contributed by atoms with Crippen molar-refractivity contribution in [1.82, 2.24) is 5.32 Å². The first-order chi connectivity index (χ1) is 9.46. The van der Waals surface area contributed by atoms with Crippen molar-refractivity contribution >= 4 is 11.6 Å². The van der Waals surface area contributed by atoms with Crippen molar-refractivity contribution in [3.8, 4) is 0 Å². The number of hydrogen-bond donors (Lipinski definition) is 3. The zero-order chi connectivity index (χ0) is 14.8. The van der Waals surface area contributed by atoms with Crippen LogP contribution in [-0.2, 0) is 0 Å². The summed E-state index contributed by atoms with van der Waals surface area (Å²) in [4.78, 5) is 12.4. The molecule has 1 aliphatic rings. The molecule has 2 rings (SSSR count). The van der Waals surface area contributed by atoms with Gasteiger partial charge in [0.15, 0.2) is 0 Å². The molecule has 4 nitrogen and oxygen atoms in total. The largest absolute Gasteiger partial charge is 0.399 e. The van der Waals surface area contributed by atoms with E-state index in [1.165, 1.54) is 0 Å². The van der Waals surface area contributed by atoms with Gasteiger partial charge in [0.1, 0.15) is 0 Å². The summed E-state index contributed by atoms with van der Waals surface area (Å²) in [6.45, 7) is 4.10. The topological polar surface area (TPSA) is 75.3 Å². The summed E-state index contributed by atoms with van der Waals surface area (Å²) in [5.41, 5.74) is 7.49. The van der Waals surface area contributed by atoms with Crippen molar-refractivity contribution in [3.63, 3.8) is 0 Å². The molecule has 0 radical (unpaired) electrons. The number of nitrogens with two attached hydrogens (primary N) is 1. The second-order valence-corrected chi connectivity index (χ2v) is 6.15. The SMILES string of the molecule is Cc1cc(C(=O)NC2(CO)CCC(C)CC2)ccc1N. The first-order valence-electron chi connectivity index (χ1n) is 7.25. The van der Waals surface area contributed by atoms with Gasteiger partial charge in [-0.1, -0.05) is 6.92 Å². The minimum Gasteiger partial charge on any atom is -0.399 e. The molecular weight excluding hydrogens is 252 g/mol. The van der Waals surface area contributed by atoms with Crippen molar-refractivity contribution in [2.24, 2.45) is 5.92 Å². The van der Waals surface area contributed by atoms with E-state index in [9.17, 15) is 9.90 Å². The fraction of sp³-hybridized carbons (Fsp3) is 0.562. The first kappa shape index (κ1) is 14.9. The highest BCUT2D eigenvalue weighted by Gasteiger charge is 2.35. The number of aliphatic hydroxyl groups excluding tert-OH is 1. The zero-order valence-corrected chi connectivity index (χ0v) is 12.3. The van der Waals surface area contributed by atoms with E-state index in [1.807, 2.05) is 6.92 Å². The van der Waals surface area contributed by atoms with Crippen molar-refractivity contribution in [2.45, 2.75) is 45.1 Å². The number of carbonyl (C=O) groups excluding carboxylic acids is 1. The highest BCUT2D eigenvalue weighted by molar-refractivity contribution is 5.95. The molecule has 1 aromatic carbocycles. The first-order valence-corrected chi connectivity index (χ1v) is 7.25. The van der Waals surface area contributed by atoms with Gasteiger partial charge in [-0.25, -0.2) is 0 Å². The number of nitrogens with one attached hydrogen (secondary N) is 1. The molecule has 0 saturated heterocycles. The van der Waals surface area contributed by atoms with E-state index in [4.69, 9.17) is 5.73 Å². The molecule has 1 fully saturated rings. The van der Waals surface area contributed by atoms with Gasteiger partial charge in [-0.2, -0.15) is 0 Å². The Balaban J connectivity index is 2.11. The average molecular weight is 276 g/mol. The number of nitrogen functional groups attached to an aromatic ring is 1. The predicted molar refractivity (Wildman–Crippen MR) is 80.5 cm³/mol. The number of carbonyl (C=O) groups is 1. The summed E-state index contributed by atoms with van der Waals surface area (Å²) in [7, 11) is 0. The predicted octanol–water partition coefficient (Wildman–Crippen LogP) is 2.25. The minimum absolute atomic E-state index is 0.000581. The lowest BCUT2D eigenvalue weighted by molar-refractivity contribution is 0.0717. The lowest BCUT2D eigenvalue weighted by Crippen LogP contribution is -2.53. The third-order valence-corrected chi connectivity index (χ3v) is 4.44. The summed E-state index contributed by atoms with van der Waals surface area (Å²) in [5.74, 6) is 0.544. The summed E-state index contributed by atoms with van der Waals surface area (Å²) < 4.78 is 0. The molecule has 0 aliphatic heterocycles. The fourth-order valence-electron chi connectivity index (χ4n) is 2.77. The van der Waals surface area contributed by atoms with Gasteiger partial charge in [0.25, 0.3) is 5.91 Å². The number of amides is 1. The zero-order valence-electron chi connectivity index (χ0n) is 12.3. The van der Waals surface area contributed by atoms with Crippen LogP contribution in [0.4, 0.5) is 5.69 Å². The maximum Gasteiger partial charge on any atom is 0.251 e. The van der Waals surface area contributed by atoms with Crippen LogP contribution in [-0.4, -0.2) is 23.2 Å². The van der Waals surface area contributed by atoms with Gasteiger partial charge < -0.3 is 16.2 Å². The molecular formula is C16H24N2O2. The number of rotatable bonds is 3. The maximum absolute atomic E-state index is 12.4. The van der Waals surface area contributed by atoms with Gasteiger partial charge in [-0.3, -0.25) is 4.79 Å². The molecule has 0 unspecified atom stereocenters. The molecule has 1 aromatic rings. The molecule has 110 valence electrons. The van der Waals surface area contributed by atoms with Gasteiger partial charge in [0.2, 0.25) is 0 Å². The molecule has 0 spiro atoms. The summed E-state index contributed by atoms with van der Waals surface area (Å²) >= 11 is 0. The normalized spacial score (nSPS) is 26.2. The number of anilines is 1. The van der Waals surface area contributed by atoms with Crippen LogP contribution in [0.25, 0.3) is 0 Å². The third-order valence-electron chi connectivity index (χ3n) is 4.44. The Hall–Kier alpha value is -1.55. The molecule has 0 bridgehead atoms. The fourth-order valence-corrected chi connectivity index (χ4v) is 2.77. The molecule has 0 heterocycles. The Kier molecular flexibility index (Phi) is 4.33. The number of aliphatic hydroxyl groups is 1. The van der Waals surface area contributed by atoms with Crippen molar-refractivity contribution in [1.29, 1.82) is 0 Å². The van der Waals surface area contributed by atoms with Crippen LogP contribution in [0.3, 0.4) is 0 Å². The van der Waals surface area contributed by atoms with E-state index in [2.05, 4.69) is 12.2 Å². The van der Waals surface area contributed by atoms with Crippen molar-refractivity contribution in [2.75, 3.05) is 12.3 Å². The van der Waals surface area contributed by atoms with Crippen LogP contribution >= 0.6 is 0 Å². The molecule has 4 heteroatoms. The second-order valence-electron chi connectivity index (χ2n) is 6.15. The van der Waals surface area contributed by atoms with Crippen LogP contribution in [0.5, 0.6) is 0 Å². The standard InChI is InChI=1S/C16H24N2O2/c1-11-5-7-16(10-19,8-6-11)18-15(20)13-3-4-14(17)12(2)9-13/h3-4,9,11,19H,5-8,10,17H2,1-2H3,(H,18,20). The number of benzene rings is 1. The van der Waals surface area contributed by atoms with E-state index in [-0.39, 0.29) is 12.5 Å². The monoisotopic (exact) mass is 276 g/mol. The molecule has 20 heavy (non-hydrogen) atoms. The quantitative estimate of drug-likeness (QED) is 0.741. The molecule has 1 aliphatic carbocycles. The molecule has 0 aromatic heterocycles. The number of aryl methyl sites for hydroxylation is 1. The van der Waals surface area contributed by atoms with Gasteiger partial charge in [0, 0.05) is 11.3 Å². The van der Waals surface area contributed by atoms with Crippen molar-refractivity contribution in [3.05, 3.63) is 29.3 Å². The van der Waals surface area contributed by atoms with Crippen LogP contribution in [0, 0.1) is 12.8 Å². The Bertz CT molecular complexity index is 491. The highest BCUT2D eigenvalue weighted by Crippen LogP contribution is 2.31. The summed E-state index contributed by atoms with van der Waals surface area (Å²) in [5, 5.41) is 12.7. The van der Waals surface area contributed by atoms with Crippen LogP contribution in [0.1, 0.15) is 48.5 Å². The van der Waals surface area contributed by atoms with E-state index in [0.29, 0.717) is 17.2 Å². The van der Waals surface area contributed by atoms with Crippen LogP contribution < -0.4 is 11.1 Å². The Morgan fingerprint density at radius 3 is 2.65 bits per heavy atom. The van der Waals surface area contributed by atoms with E-state index in [1.54, 1.807) is 18.2 Å². The lowest BCUT2D eigenvalue weighted by Gasteiger charge is -2.38. The smallest absolute Gasteiger partial charge is 0.251 e. The number of hydrogen-bond acceptors (Lipinski definition) is 3. The summed E-state index contributed by atoms with van der Waals surface area (Å²) in [6, 6.07) is 5.27. The lowest BCUT2D eigenvalue weighted by atomic mass is 9.77. The molecule has 1 amide bonds. The van der Waals surface area contributed by atoms with Gasteiger partial charge in [-0.15, -0.1) is 0 Å². The van der Waals surface area contributed by atoms with Gasteiger partial charge >= 0.3 is 0 Å². The van der Waals surface area contributed by atoms with Crippen LogP contribution in [0.2, 0.25) is 0 Å². The van der Waals surface area contributed by atoms with E-state index < -0.39 is 5.54 Å². The Morgan fingerprint density at radius 2 is 2.10 bits per heavy atom. The van der Waals surface area contributed by atoms with E-state index >= 15 is 0 Å². The van der Waals surface area contributed by atoms with Crippen molar-refractivity contribution < 1.29 is 9.90 Å². The van der Waals surface area contributed by atoms with E-state index in [0.717, 1.165) is 31.2 Å². The molecule has 4 N–H and O–H groups in total. The van der Waals surface area contributed by atoms with Gasteiger partial charge in [-0.05, 0) is 62.3 Å². The highest BCUT2D eigenvalue weighted by atomic mass is 16.3. The van der Waals surface area contributed by atoms with Crippen LogP contribution in [0.15, 0.2) is 18.2 Å². The summed E-state index contributed by atoms with van der Waals surface area (Å²) in [6.07, 6.45) is 3.76. The maximum atomic E-state index is 12.4. The Labute approximate surface area is 120 Å². The minimum atomic E-state index is -0.459.